The maximum Gasteiger partial charge on any atom is 0.309 e. The van der Waals surface area contributed by atoms with Gasteiger partial charge in [0.25, 0.3) is 0 Å². The van der Waals surface area contributed by atoms with E-state index in [0.717, 1.165) is 11.3 Å². The molecule has 2 nitrogen and oxygen atoms in total. The summed E-state index contributed by atoms with van der Waals surface area (Å²) >= 11 is 1.64. The van der Waals surface area contributed by atoms with Gasteiger partial charge in [0.1, 0.15) is 6.61 Å². The average molecular weight is 278 g/mol. The lowest BCUT2D eigenvalue weighted by molar-refractivity contribution is -0.155. The smallest absolute Gasteiger partial charge is 0.309 e. The van der Waals surface area contributed by atoms with E-state index in [4.69, 9.17) is 4.74 Å². The van der Waals surface area contributed by atoms with Gasteiger partial charge in [0, 0.05) is 4.88 Å². The van der Waals surface area contributed by atoms with E-state index in [1.54, 1.807) is 11.3 Å². The Balaban J connectivity index is 1.69. The summed E-state index contributed by atoms with van der Waals surface area (Å²) in [6.45, 7) is 7.39. The minimum atomic E-state index is 0.0196. The molecule has 0 spiro atoms. The normalized spacial score (nSPS) is 35.5. The SMILES string of the molecule is CC1(C)C2CCC1(C)C(C(=O)OCc1cccs1)C2. The number of esters is 1. The van der Waals surface area contributed by atoms with Crippen LogP contribution in [0.25, 0.3) is 0 Å². The summed E-state index contributed by atoms with van der Waals surface area (Å²) in [4.78, 5) is 13.5. The van der Waals surface area contributed by atoms with Gasteiger partial charge in [0.2, 0.25) is 0 Å². The molecule has 3 atom stereocenters. The monoisotopic (exact) mass is 278 g/mol. The van der Waals surface area contributed by atoms with Crippen LogP contribution in [-0.4, -0.2) is 5.97 Å². The molecule has 0 N–H and O–H groups in total. The lowest BCUT2D eigenvalue weighted by atomic mass is 9.67. The molecular formula is C16H22O2S. The molecule has 3 heteroatoms. The molecule has 2 fully saturated rings. The number of rotatable bonds is 3. The zero-order valence-electron chi connectivity index (χ0n) is 11.9. The van der Waals surface area contributed by atoms with E-state index < -0.39 is 0 Å². The highest BCUT2D eigenvalue weighted by molar-refractivity contribution is 7.09. The van der Waals surface area contributed by atoms with Crippen molar-refractivity contribution in [3.05, 3.63) is 22.4 Å². The van der Waals surface area contributed by atoms with Crippen LogP contribution < -0.4 is 0 Å². The van der Waals surface area contributed by atoms with Gasteiger partial charge in [-0.05, 0) is 47.5 Å². The van der Waals surface area contributed by atoms with Gasteiger partial charge >= 0.3 is 5.97 Å². The van der Waals surface area contributed by atoms with Crippen LogP contribution in [0.5, 0.6) is 0 Å². The zero-order valence-corrected chi connectivity index (χ0v) is 12.8. The Bertz CT molecular complexity index is 477. The van der Waals surface area contributed by atoms with E-state index in [-0.39, 0.29) is 22.7 Å². The predicted octanol–water partition coefficient (Wildman–Crippen LogP) is 4.25. The number of fused-ring (bicyclic) bond motifs is 2. The summed E-state index contributed by atoms with van der Waals surface area (Å²) in [5, 5.41) is 2.02. The lowest BCUT2D eigenvalue weighted by Crippen LogP contribution is -2.36. The Hall–Kier alpha value is -0.830. The number of ether oxygens (including phenoxy) is 1. The fourth-order valence-corrected chi connectivity index (χ4v) is 4.81. The van der Waals surface area contributed by atoms with Crippen LogP contribution in [0.2, 0.25) is 0 Å². The maximum atomic E-state index is 12.4. The second-order valence-corrected chi connectivity index (χ2v) is 7.88. The molecule has 3 rings (SSSR count). The molecule has 1 aromatic heterocycles. The van der Waals surface area contributed by atoms with Crippen LogP contribution in [0, 0.1) is 22.7 Å². The Morgan fingerprint density at radius 3 is 2.79 bits per heavy atom. The van der Waals surface area contributed by atoms with Crippen molar-refractivity contribution in [1.29, 1.82) is 0 Å². The molecule has 0 radical (unpaired) electrons. The van der Waals surface area contributed by atoms with Gasteiger partial charge in [-0.1, -0.05) is 26.8 Å². The Morgan fingerprint density at radius 1 is 1.47 bits per heavy atom. The first-order valence-electron chi connectivity index (χ1n) is 7.14. The standard InChI is InChI=1S/C16H22O2S/c1-15(2)11-6-7-16(15,3)13(9-11)14(17)18-10-12-5-4-8-19-12/h4-5,8,11,13H,6-7,9-10H2,1-3H3. The topological polar surface area (TPSA) is 26.3 Å². The van der Waals surface area contributed by atoms with Gasteiger partial charge in [0.15, 0.2) is 0 Å². The summed E-state index contributed by atoms with van der Waals surface area (Å²) in [6, 6.07) is 4.01. The molecule has 2 aliphatic rings. The summed E-state index contributed by atoms with van der Waals surface area (Å²) in [5.74, 6) is 0.809. The van der Waals surface area contributed by atoms with E-state index in [1.807, 2.05) is 17.5 Å². The van der Waals surface area contributed by atoms with Crippen LogP contribution in [0.4, 0.5) is 0 Å². The van der Waals surface area contributed by atoms with Crippen molar-refractivity contribution < 1.29 is 9.53 Å². The van der Waals surface area contributed by atoms with Crippen LogP contribution in [0.3, 0.4) is 0 Å². The van der Waals surface area contributed by atoms with Crippen molar-refractivity contribution in [3.63, 3.8) is 0 Å². The van der Waals surface area contributed by atoms with Gasteiger partial charge < -0.3 is 4.74 Å². The van der Waals surface area contributed by atoms with E-state index in [2.05, 4.69) is 20.8 Å². The van der Waals surface area contributed by atoms with Crippen molar-refractivity contribution in [3.8, 4) is 0 Å². The number of carbonyl (C=O) groups excluding carboxylic acids is 1. The van der Waals surface area contributed by atoms with Crippen LogP contribution in [0.1, 0.15) is 44.9 Å². The highest BCUT2D eigenvalue weighted by Crippen LogP contribution is 2.68. The van der Waals surface area contributed by atoms with Crippen molar-refractivity contribution in [1.82, 2.24) is 0 Å². The summed E-state index contributed by atoms with van der Waals surface area (Å²) in [6.07, 6.45) is 3.47. The van der Waals surface area contributed by atoms with Crippen LogP contribution in [-0.2, 0) is 16.1 Å². The largest absolute Gasteiger partial charge is 0.460 e. The Kier molecular flexibility index (Phi) is 3.01. The summed E-state index contributed by atoms with van der Waals surface area (Å²) in [5.41, 5.74) is 0.407. The quantitative estimate of drug-likeness (QED) is 0.772. The summed E-state index contributed by atoms with van der Waals surface area (Å²) < 4.78 is 5.55. The minimum Gasteiger partial charge on any atom is -0.460 e. The second-order valence-electron chi connectivity index (χ2n) is 6.85. The lowest BCUT2D eigenvalue weighted by Gasteiger charge is -2.38. The van der Waals surface area contributed by atoms with Gasteiger partial charge in [-0.25, -0.2) is 0 Å². The Morgan fingerprint density at radius 2 is 2.26 bits per heavy atom. The van der Waals surface area contributed by atoms with Gasteiger partial charge in [-0.2, -0.15) is 0 Å². The first kappa shape index (κ1) is 13.2. The van der Waals surface area contributed by atoms with Gasteiger partial charge in [0.05, 0.1) is 5.92 Å². The molecule has 104 valence electrons. The highest BCUT2D eigenvalue weighted by atomic mass is 32.1. The van der Waals surface area contributed by atoms with Crippen molar-refractivity contribution in [2.45, 2.75) is 46.6 Å². The van der Waals surface area contributed by atoms with Crippen LogP contribution in [0.15, 0.2) is 17.5 Å². The van der Waals surface area contributed by atoms with E-state index in [1.165, 1.54) is 12.8 Å². The maximum absolute atomic E-state index is 12.4. The highest BCUT2D eigenvalue weighted by Gasteiger charge is 2.63. The molecule has 3 unspecified atom stereocenters. The predicted molar refractivity (Wildman–Crippen MR) is 76.8 cm³/mol. The molecular weight excluding hydrogens is 256 g/mol. The average Bonchev–Trinajstić information content (AvgIpc) is 3.00. The molecule has 1 heterocycles. The number of thiophene rings is 1. The fourth-order valence-electron chi connectivity index (χ4n) is 4.20. The molecule has 2 bridgehead atoms. The number of hydrogen-bond acceptors (Lipinski definition) is 3. The molecule has 0 aliphatic heterocycles. The van der Waals surface area contributed by atoms with Crippen molar-refractivity contribution >= 4 is 17.3 Å². The number of carbonyl (C=O) groups is 1. The molecule has 0 amide bonds. The third-order valence-corrected chi connectivity index (χ3v) is 6.87. The minimum absolute atomic E-state index is 0.0196. The number of hydrogen-bond donors (Lipinski definition) is 0. The zero-order chi connectivity index (χ0) is 13.7. The molecule has 1 aromatic rings. The van der Waals surface area contributed by atoms with E-state index in [9.17, 15) is 4.79 Å². The van der Waals surface area contributed by atoms with E-state index >= 15 is 0 Å². The van der Waals surface area contributed by atoms with Crippen LogP contribution >= 0.6 is 11.3 Å². The first-order chi connectivity index (χ1) is 8.95. The van der Waals surface area contributed by atoms with Gasteiger partial charge in [-0.15, -0.1) is 11.3 Å². The third-order valence-electron chi connectivity index (χ3n) is 6.02. The fraction of sp³-hybridized carbons (Fsp3) is 0.688. The third kappa shape index (κ3) is 1.85. The molecule has 0 aromatic carbocycles. The second kappa shape index (κ2) is 4.34. The molecule has 2 aliphatic carbocycles. The summed E-state index contributed by atoms with van der Waals surface area (Å²) in [7, 11) is 0. The first-order valence-corrected chi connectivity index (χ1v) is 8.02. The Labute approximate surface area is 119 Å². The van der Waals surface area contributed by atoms with Gasteiger partial charge in [-0.3, -0.25) is 4.79 Å². The van der Waals surface area contributed by atoms with E-state index in [0.29, 0.717) is 12.5 Å². The molecule has 0 saturated heterocycles. The molecule has 19 heavy (non-hydrogen) atoms. The van der Waals surface area contributed by atoms with Crippen molar-refractivity contribution in [2.75, 3.05) is 0 Å². The molecule has 2 saturated carbocycles. The van der Waals surface area contributed by atoms with Crippen molar-refractivity contribution in [2.24, 2.45) is 22.7 Å².